The average molecular weight is 713 g/mol. The molecule has 0 unspecified atom stereocenters. The molecule has 0 fully saturated rings. The summed E-state index contributed by atoms with van der Waals surface area (Å²) in [6.45, 7) is 3.99. The van der Waals surface area contributed by atoms with Crippen molar-refractivity contribution in [2.45, 2.75) is 31.3 Å². The van der Waals surface area contributed by atoms with Crippen molar-refractivity contribution in [3.05, 3.63) is 168 Å². The quantitative estimate of drug-likeness (QED) is 0.154. The Morgan fingerprint density at radius 1 is 0.568 bits per heavy atom. The Kier molecular flexibility index (Phi) is 12.5. The van der Waals surface area contributed by atoms with E-state index in [1.165, 1.54) is 0 Å². The number of benzene rings is 4. The predicted molar refractivity (Wildman–Crippen MR) is 175 cm³/mol. The standard InChI is InChI=1S/C21H18N2O2.C14H14N2.2ClH.Ru/c1-21(2,19-22-17(13-24-19)15-9-5-3-6-10-15)20-23-18(14-25-20)16-11-7-4-8-12-16;15-13(11-7-3-1-4-8-11)14(16)12-9-5-2-6-10-12;;;/h3-14H,1-2H3;1-10,13-16H;2*1H;/q;-2;;;+4/p-2/t;13-,14-;;;/m.1.../s1. The number of hydrogen-bond acceptors (Lipinski definition) is 4. The molecule has 2 heterocycles. The van der Waals surface area contributed by atoms with Crippen molar-refractivity contribution in [1.29, 1.82) is 0 Å². The van der Waals surface area contributed by atoms with Gasteiger partial charge in [-0.05, 0) is 13.8 Å². The molecule has 226 valence electrons. The zero-order valence-corrected chi connectivity index (χ0v) is 27.4. The summed E-state index contributed by atoms with van der Waals surface area (Å²) < 4.78 is 11.5. The Balaban J connectivity index is 0.000000200. The molecular formula is C35H32Cl2N4O2Ru. The van der Waals surface area contributed by atoms with Crippen LogP contribution in [0.1, 0.15) is 48.8 Å². The summed E-state index contributed by atoms with van der Waals surface area (Å²) in [4.78, 5) is 9.29. The summed E-state index contributed by atoms with van der Waals surface area (Å²) >= 11 is -0.346. The van der Waals surface area contributed by atoms with Gasteiger partial charge < -0.3 is 20.3 Å². The molecule has 0 saturated carbocycles. The molecule has 2 atom stereocenters. The van der Waals surface area contributed by atoms with Crippen LogP contribution in [0.15, 0.2) is 143 Å². The van der Waals surface area contributed by atoms with Gasteiger partial charge in [0.25, 0.3) is 0 Å². The van der Waals surface area contributed by atoms with Crippen LogP contribution in [-0.2, 0) is 20.6 Å². The number of nitrogens with zero attached hydrogens (tertiary/aromatic N) is 2. The molecule has 6 rings (SSSR count). The van der Waals surface area contributed by atoms with Crippen LogP contribution in [0.5, 0.6) is 0 Å². The molecule has 0 aliphatic rings. The maximum absolute atomic E-state index is 8.07. The second-order valence-electron chi connectivity index (χ2n) is 10.3. The van der Waals surface area contributed by atoms with Gasteiger partial charge in [-0.2, -0.15) is 0 Å². The van der Waals surface area contributed by atoms with Crippen LogP contribution in [0.2, 0.25) is 0 Å². The Morgan fingerprint density at radius 3 is 1.18 bits per heavy atom. The van der Waals surface area contributed by atoms with Crippen LogP contribution in [0.4, 0.5) is 0 Å². The van der Waals surface area contributed by atoms with Crippen LogP contribution < -0.4 is 0 Å². The van der Waals surface area contributed by atoms with Crippen LogP contribution in [0, 0.1) is 0 Å². The minimum Gasteiger partial charge on any atom is -0.672 e. The Bertz CT molecular complexity index is 1540. The van der Waals surface area contributed by atoms with E-state index in [9.17, 15) is 0 Å². The van der Waals surface area contributed by atoms with Crippen molar-refractivity contribution in [1.82, 2.24) is 9.97 Å². The van der Waals surface area contributed by atoms with Gasteiger partial charge in [-0.3, -0.25) is 0 Å². The van der Waals surface area contributed by atoms with Gasteiger partial charge in [0.1, 0.15) is 29.3 Å². The first-order valence-corrected chi connectivity index (χ1v) is 18.2. The molecule has 0 bridgehead atoms. The van der Waals surface area contributed by atoms with Gasteiger partial charge in [-0.1, -0.05) is 132 Å². The van der Waals surface area contributed by atoms with Gasteiger partial charge >= 0.3 is 34.5 Å². The minimum absolute atomic E-state index is 0.346. The molecule has 2 aromatic heterocycles. The van der Waals surface area contributed by atoms with Gasteiger partial charge in [-0.25, -0.2) is 9.97 Å². The maximum atomic E-state index is 8.07. The summed E-state index contributed by atoms with van der Waals surface area (Å²) in [5.74, 6) is 1.15. The topological polar surface area (TPSA) is 99.7 Å². The van der Waals surface area contributed by atoms with E-state index in [0.29, 0.717) is 11.8 Å². The monoisotopic (exact) mass is 712 g/mol. The third-order valence-corrected chi connectivity index (χ3v) is 6.87. The first-order chi connectivity index (χ1) is 21.3. The number of halogens is 2. The van der Waals surface area contributed by atoms with Crippen molar-refractivity contribution in [2.75, 3.05) is 0 Å². The first-order valence-electron chi connectivity index (χ1n) is 13.7. The largest absolute Gasteiger partial charge is 0.672 e. The molecule has 9 heteroatoms. The Hall–Kier alpha value is -3.58. The molecule has 0 spiro atoms. The normalized spacial score (nSPS) is 12.2. The van der Waals surface area contributed by atoms with E-state index < -0.39 is 17.5 Å². The summed E-state index contributed by atoms with van der Waals surface area (Å²) in [6, 6.07) is 38.0. The van der Waals surface area contributed by atoms with Crippen LogP contribution in [0.25, 0.3) is 34.0 Å². The summed E-state index contributed by atoms with van der Waals surface area (Å²) in [5, 5.41) is 0. The average Bonchev–Trinajstić information content (AvgIpc) is 3.79. The molecule has 2 N–H and O–H groups in total. The van der Waals surface area contributed by atoms with E-state index in [2.05, 4.69) is 9.97 Å². The fraction of sp³-hybridized carbons (Fsp3) is 0.143. The number of aromatic nitrogens is 2. The van der Waals surface area contributed by atoms with Crippen LogP contribution >= 0.6 is 19.4 Å². The smallest absolute Gasteiger partial charge is 0.0606 e. The number of hydrogen-bond donors (Lipinski definition) is 0. The third-order valence-electron chi connectivity index (χ3n) is 6.87. The second kappa shape index (κ2) is 16.5. The molecule has 44 heavy (non-hydrogen) atoms. The zero-order valence-electron chi connectivity index (χ0n) is 24.2. The van der Waals surface area contributed by atoms with Crippen molar-refractivity contribution in [3.63, 3.8) is 0 Å². The van der Waals surface area contributed by atoms with E-state index in [-0.39, 0.29) is 15.1 Å². The maximum Gasteiger partial charge on any atom is -0.0606 e. The van der Waals surface area contributed by atoms with E-state index in [1.807, 2.05) is 135 Å². The number of rotatable bonds is 7. The van der Waals surface area contributed by atoms with Crippen LogP contribution in [0.3, 0.4) is 0 Å². The fourth-order valence-electron chi connectivity index (χ4n) is 4.40. The molecular weight excluding hydrogens is 680 g/mol. The Morgan fingerprint density at radius 2 is 0.864 bits per heavy atom. The zero-order chi connectivity index (χ0) is 31.4. The first kappa shape index (κ1) is 33.3. The van der Waals surface area contributed by atoms with Crippen molar-refractivity contribution < 1.29 is 24.0 Å². The van der Waals surface area contributed by atoms with Gasteiger partial charge in [0.15, 0.2) is 0 Å². The molecule has 4 aromatic carbocycles. The van der Waals surface area contributed by atoms with E-state index in [1.54, 1.807) is 12.5 Å². The SMILES string of the molecule is CC(C)(c1nc(-c2ccccc2)co1)c1nc(-c2ccccc2)co1.[Cl][Ru+2][Cl].[NH-][C@H](c1ccccc1)[C@H]([NH-])c1ccccc1. The summed E-state index contributed by atoms with van der Waals surface area (Å²) in [7, 11) is 9.71. The summed E-state index contributed by atoms with van der Waals surface area (Å²) in [6.07, 6.45) is 3.35. The number of oxazole rings is 2. The summed E-state index contributed by atoms with van der Waals surface area (Å²) in [5.41, 5.74) is 21.0. The Labute approximate surface area is 274 Å². The molecule has 6 nitrogen and oxygen atoms in total. The van der Waals surface area contributed by atoms with E-state index in [0.717, 1.165) is 33.6 Å². The van der Waals surface area contributed by atoms with Crippen molar-refractivity contribution in [3.8, 4) is 22.5 Å². The molecule has 0 saturated heterocycles. The van der Waals surface area contributed by atoms with Crippen molar-refractivity contribution >= 4 is 19.4 Å². The van der Waals surface area contributed by atoms with Gasteiger partial charge in [-0.15, -0.1) is 12.1 Å². The van der Waals surface area contributed by atoms with E-state index in [4.69, 9.17) is 39.7 Å². The minimum atomic E-state index is -0.569. The molecule has 0 aliphatic carbocycles. The number of nitrogens with one attached hydrogen (secondary N) is 2. The van der Waals surface area contributed by atoms with Gasteiger partial charge in [0.2, 0.25) is 11.8 Å². The van der Waals surface area contributed by atoms with Crippen molar-refractivity contribution in [2.24, 2.45) is 0 Å². The predicted octanol–water partition coefficient (Wildman–Crippen LogP) is 11.3. The molecule has 0 amide bonds. The van der Waals surface area contributed by atoms with Gasteiger partial charge in [0.05, 0.1) is 0 Å². The fourth-order valence-corrected chi connectivity index (χ4v) is 4.40. The van der Waals surface area contributed by atoms with Gasteiger partial charge in [0, 0.05) is 11.1 Å². The van der Waals surface area contributed by atoms with E-state index >= 15 is 0 Å². The second-order valence-corrected chi connectivity index (χ2v) is 12.9. The molecule has 0 radical (unpaired) electrons. The third kappa shape index (κ3) is 8.75. The molecule has 6 aromatic rings. The molecule has 0 aliphatic heterocycles. The van der Waals surface area contributed by atoms with Crippen LogP contribution in [-0.4, -0.2) is 9.97 Å².